The molecule has 0 amide bonds. The van der Waals surface area contributed by atoms with Crippen molar-refractivity contribution in [2.24, 2.45) is 0 Å². The first kappa shape index (κ1) is 15.6. The molecule has 5 rings (SSSR count). The largest absolute Gasteiger partial charge is 0.376 e. The fourth-order valence-corrected chi connectivity index (χ4v) is 3.88. The van der Waals surface area contributed by atoms with E-state index in [-0.39, 0.29) is 11.9 Å². The Kier molecular flexibility index (Phi) is 3.55. The molecule has 2 aliphatic rings. The van der Waals surface area contributed by atoms with Gasteiger partial charge in [0.1, 0.15) is 11.8 Å². The molecule has 0 radical (unpaired) electrons. The van der Waals surface area contributed by atoms with Crippen LogP contribution in [0.2, 0.25) is 0 Å². The van der Waals surface area contributed by atoms with Crippen LogP contribution in [0.1, 0.15) is 33.3 Å². The number of hydrogen-bond acceptors (Lipinski definition) is 3. The summed E-state index contributed by atoms with van der Waals surface area (Å²) in [4.78, 5) is 13.2. The molecule has 0 aliphatic carbocycles. The number of carbonyl (C=O) groups is 1. The Hall–Kier alpha value is -2.69. The summed E-state index contributed by atoms with van der Waals surface area (Å²) in [6.45, 7) is 3.76. The third-order valence-corrected chi connectivity index (χ3v) is 5.16. The first-order valence-electron chi connectivity index (χ1n) is 8.90. The lowest BCUT2D eigenvalue weighted by molar-refractivity contribution is -0.0899. The molecule has 2 aliphatic heterocycles. The van der Waals surface area contributed by atoms with Crippen LogP contribution in [0.4, 0.5) is 0 Å². The maximum atomic E-state index is 13.2. The Morgan fingerprint density at radius 1 is 1.04 bits per heavy atom. The fourth-order valence-electron chi connectivity index (χ4n) is 3.88. The van der Waals surface area contributed by atoms with E-state index >= 15 is 0 Å². The van der Waals surface area contributed by atoms with Crippen LogP contribution >= 0.6 is 0 Å². The first-order chi connectivity index (χ1) is 12.7. The van der Waals surface area contributed by atoms with Gasteiger partial charge in [-0.2, -0.15) is 0 Å². The van der Waals surface area contributed by atoms with Gasteiger partial charge < -0.3 is 14.0 Å². The van der Waals surface area contributed by atoms with Gasteiger partial charge in [0.05, 0.1) is 25.5 Å². The van der Waals surface area contributed by atoms with Gasteiger partial charge >= 0.3 is 0 Å². The second-order valence-corrected chi connectivity index (χ2v) is 6.82. The molecule has 0 saturated carbocycles. The van der Waals surface area contributed by atoms with Crippen LogP contribution in [0, 0.1) is 6.92 Å². The second-order valence-electron chi connectivity index (χ2n) is 6.82. The highest BCUT2D eigenvalue weighted by Gasteiger charge is 2.34. The molecular formula is C22H19NO3. The lowest BCUT2D eigenvalue weighted by atomic mass is 9.95. The third kappa shape index (κ3) is 2.26. The second kappa shape index (κ2) is 5.94. The number of aromatic nitrogens is 1. The Morgan fingerprint density at radius 3 is 2.62 bits per heavy atom. The average Bonchev–Trinajstić information content (AvgIpc) is 3.20. The third-order valence-electron chi connectivity index (χ3n) is 5.16. The van der Waals surface area contributed by atoms with Crippen molar-refractivity contribution in [1.29, 1.82) is 0 Å². The van der Waals surface area contributed by atoms with Gasteiger partial charge in [-0.15, -0.1) is 0 Å². The minimum Gasteiger partial charge on any atom is -0.376 e. The van der Waals surface area contributed by atoms with Crippen molar-refractivity contribution in [3.05, 3.63) is 77.1 Å². The van der Waals surface area contributed by atoms with Crippen molar-refractivity contribution in [2.45, 2.75) is 13.0 Å². The summed E-state index contributed by atoms with van der Waals surface area (Å²) in [5.74, 6) is 0.0687. The Balaban J connectivity index is 1.75. The van der Waals surface area contributed by atoms with E-state index < -0.39 is 0 Å². The molecule has 2 aromatic carbocycles. The topological polar surface area (TPSA) is 40.5 Å². The van der Waals surface area contributed by atoms with Crippen molar-refractivity contribution in [3.8, 4) is 16.8 Å². The summed E-state index contributed by atoms with van der Waals surface area (Å²) in [5, 5.41) is 0. The molecule has 3 heterocycles. The molecule has 0 bridgehead atoms. The number of para-hydroxylation sites is 1. The van der Waals surface area contributed by atoms with Crippen LogP contribution in [0.5, 0.6) is 0 Å². The minimum atomic E-state index is -0.155. The van der Waals surface area contributed by atoms with Gasteiger partial charge in [-0.1, -0.05) is 42.0 Å². The molecule has 4 nitrogen and oxygen atoms in total. The average molecular weight is 345 g/mol. The van der Waals surface area contributed by atoms with E-state index in [1.54, 1.807) is 0 Å². The molecular weight excluding hydrogens is 326 g/mol. The summed E-state index contributed by atoms with van der Waals surface area (Å²) in [5.41, 5.74) is 6.62. The lowest BCUT2D eigenvalue weighted by Gasteiger charge is -2.23. The number of ketones is 1. The predicted molar refractivity (Wildman–Crippen MR) is 98.9 cm³/mol. The molecule has 1 fully saturated rings. The normalized spacial score (nSPS) is 18.7. The highest BCUT2D eigenvalue weighted by Crippen LogP contribution is 2.42. The number of ether oxygens (including phenoxy) is 2. The van der Waals surface area contributed by atoms with E-state index in [1.807, 2.05) is 35.0 Å². The molecule has 0 N–H and O–H groups in total. The fraction of sp³-hybridized carbons (Fsp3) is 0.227. The van der Waals surface area contributed by atoms with Gasteiger partial charge in [0, 0.05) is 22.9 Å². The first-order valence-corrected chi connectivity index (χ1v) is 8.90. The van der Waals surface area contributed by atoms with Gasteiger partial charge in [0.2, 0.25) is 5.78 Å². The molecule has 3 aromatic rings. The van der Waals surface area contributed by atoms with Crippen LogP contribution in [0.15, 0.2) is 54.7 Å². The molecule has 1 saturated heterocycles. The predicted octanol–water partition coefficient (Wildman–Crippen LogP) is 4.09. The highest BCUT2D eigenvalue weighted by atomic mass is 16.6. The number of carbonyl (C=O) groups excluding carboxylic acids is 1. The number of nitrogens with zero attached hydrogens (tertiary/aromatic N) is 1. The quantitative estimate of drug-likeness (QED) is 0.549. The zero-order valence-electron chi connectivity index (χ0n) is 14.6. The maximum Gasteiger partial charge on any atom is 0.212 e. The van der Waals surface area contributed by atoms with Gasteiger partial charge in [-0.3, -0.25) is 4.79 Å². The molecule has 1 unspecified atom stereocenters. The number of fused-ring (bicyclic) bond motifs is 3. The molecule has 4 heteroatoms. The van der Waals surface area contributed by atoms with Crippen LogP contribution in [-0.4, -0.2) is 30.2 Å². The zero-order chi connectivity index (χ0) is 17.7. The van der Waals surface area contributed by atoms with Crippen molar-refractivity contribution >= 4 is 5.78 Å². The SMILES string of the molecule is Cc1ccc(-c2c(C3COCCO3)cn3c2C(=O)c2ccccc2-3)cc1. The van der Waals surface area contributed by atoms with Gasteiger partial charge in [-0.05, 0) is 24.6 Å². The number of aryl methyl sites for hydroxylation is 1. The smallest absolute Gasteiger partial charge is 0.212 e. The van der Waals surface area contributed by atoms with Gasteiger partial charge in [0.15, 0.2) is 0 Å². The molecule has 1 atom stereocenters. The molecule has 130 valence electrons. The monoisotopic (exact) mass is 345 g/mol. The van der Waals surface area contributed by atoms with Crippen molar-refractivity contribution < 1.29 is 14.3 Å². The maximum absolute atomic E-state index is 13.2. The number of benzene rings is 2. The highest BCUT2D eigenvalue weighted by molar-refractivity contribution is 6.17. The van der Waals surface area contributed by atoms with E-state index in [4.69, 9.17) is 9.47 Å². The summed E-state index contributed by atoms with van der Waals surface area (Å²) in [7, 11) is 0. The van der Waals surface area contributed by atoms with Gasteiger partial charge in [0.25, 0.3) is 0 Å². The Labute approximate surface area is 152 Å². The van der Waals surface area contributed by atoms with Crippen molar-refractivity contribution in [1.82, 2.24) is 4.57 Å². The van der Waals surface area contributed by atoms with E-state index in [1.165, 1.54) is 5.56 Å². The molecule has 0 spiro atoms. The van der Waals surface area contributed by atoms with E-state index in [0.717, 1.165) is 33.6 Å². The van der Waals surface area contributed by atoms with Crippen molar-refractivity contribution in [3.63, 3.8) is 0 Å². The van der Waals surface area contributed by atoms with Crippen LogP contribution in [-0.2, 0) is 9.47 Å². The Morgan fingerprint density at radius 2 is 1.85 bits per heavy atom. The van der Waals surface area contributed by atoms with Crippen molar-refractivity contribution in [2.75, 3.05) is 19.8 Å². The Bertz CT molecular complexity index is 995. The van der Waals surface area contributed by atoms with Crippen LogP contribution < -0.4 is 0 Å². The number of rotatable bonds is 2. The summed E-state index contributed by atoms with van der Waals surface area (Å²) in [6.07, 6.45) is 1.89. The lowest BCUT2D eigenvalue weighted by Crippen LogP contribution is -2.22. The molecule has 26 heavy (non-hydrogen) atoms. The summed E-state index contributed by atoms with van der Waals surface area (Å²) >= 11 is 0. The van der Waals surface area contributed by atoms with Crippen LogP contribution in [0.25, 0.3) is 16.8 Å². The molecule has 1 aromatic heterocycles. The van der Waals surface area contributed by atoms with E-state index in [2.05, 4.69) is 31.2 Å². The summed E-state index contributed by atoms with van der Waals surface area (Å²) in [6, 6.07) is 16.1. The summed E-state index contributed by atoms with van der Waals surface area (Å²) < 4.78 is 13.6. The minimum absolute atomic E-state index is 0.0687. The van der Waals surface area contributed by atoms with Crippen LogP contribution in [0.3, 0.4) is 0 Å². The standard InChI is InChI=1S/C22H19NO3/c1-14-6-8-15(9-7-14)20-17(19-13-25-10-11-26-19)12-23-18-5-3-2-4-16(18)22(24)21(20)23/h2-9,12,19H,10-11,13H2,1H3. The number of hydrogen-bond donors (Lipinski definition) is 0. The zero-order valence-corrected chi connectivity index (χ0v) is 14.6. The van der Waals surface area contributed by atoms with E-state index in [9.17, 15) is 4.79 Å². The van der Waals surface area contributed by atoms with Gasteiger partial charge in [-0.25, -0.2) is 0 Å². The van der Waals surface area contributed by atoms with E-state index in [0.29, 0.717) is 19.8 Å².